The molecule has 0 amide bonds. The van der Waals surface area contributed by atoms with E-state index in [0.717, 1.165) is 6.42 Å². The maximum Gasteiger partial charge on any atom is 0.303 e. The highest BCUT2D eigenvalue weighted by atomic mass is 127. The predicted octanol–water partition coefficient (Wildman–Crippen LogP) is 2.72. The predicted molar refractivity (Wildman–Crippen MR) is 112 cm³/mol. The van der Waals surface area contributed by atoms with Gasteiger partial charge in [0.05, 0.1) is 6.61 Å². The zero-order valence-electron chi connectivity index (χ0n) is 15.9. The van der Waals surface area contributed by atoms with Gasteiger partial charge < -0.3 is 18.9 Å². The van der Waals surface area contributed by atoms with E-state index in [1.54, 1.807) is 0 Å². The van der Waals surface area contributed by atoms with Crippen molar-refractivity contribution < 1.29 is 33.3 Å². The van der Waals surface area contributed by atoms with Crippen molar-refractivity contribution in [3.05, 3.63) is 33.4 Å². The Kier molecular flexibility index (Phi) is 9.03. The third-order valence-electron chi connectivity index (χ3n) is 3.92. The van der Waals surface area contributed by atoms with E-state index < -0.39 is 41.7 Å². The van der Waals surface area contributed by atoms with Crippen LogP contribution < -0.4 is 0 Å². The molecule has 1 aliphatic heterocycles. The van der Waals surface area contributed by atoms with Gasteiger partial charge in [-0.15, -0.1) is 11.8 Å². The van der Waals surface area contributed by atoms with Crippen molar-refractivity contribution in [1.82, 2.24) is 0 Å². The summed E-state index contributed by atoms with van der Waals surface area (Å²) < 4.78 is 22.9. The van der Waals surface area contributed by atoms with Crippen LogP contribution in [0.5, 0.6) is 0 Å². The van der Waals surface area contributed by atoms with Crippen LogP contribution in [-0.4, -0.2) is 54.0 Å². The number of thioether (sulfide) groups is 1. The SMILES string of the molecule is CC(=O)O[C@@H]1[C@H](OC(C)=O)C(SCCc2ccccc2I)OC[C@H]1OC(C)=O. The minimum atomic E-state index is -0.923. The summed E-state index contributed by atoms with van der Waals surface area (Å²) in [5, 5.41) is 0. The van der Waals surface area contributed by atoms with E-state index in [1.165, 1.54) is 41.7 Å². The van der Waals surface area contributed by atoms with Crippen LogP contribution in [0.1, 0.15) is 26.3 Å². The lowest BCUT2D eigenvalue weighted by Gasteiger charge is -2.40. The Morgan fingerprint density at radius 2 is 1.64 bits per heavy atom. The fraction of sp³-hybridized carbons (Fsp3) is 0.526. The highest BCUT2D eigenvalue weighted by molar-refractivity contribution is 14.1. The molecule has 2 rings (SSSR count). The number of benzene rings is 1. The third-order valence-corrected chi connectivity index (χ3v) is 6.14. The number of ether oxygens (including phenoxy) is 4. The lowest BCUT2D eigenvalue weighted by molar-refractivity contribution is -0.213. The van der Waals surface area contributed by atoms with Gasteiger partial charge >= 0.3 is 17.9 Å². The zero-order valence-corrected chi connectivity index (χ0v) is 18.9. The van der Waals surface area contributed by atoms with Gasteiger partial charge in [0.25, 0.3) is 0 Å². The number of hydrogen-bond acceptors (Lipinski definition) is 8. The largest absolute Gasteiger partial charge is 0.456 e. The minimum Gasteiger partial charge on any atom is -0.456 e. The second-order valence-corrected chi connectivity index (χ2v) is 8.58. The Balaban J connectivity index is 2.10. The molecule has 0 bridgehead atoms. The molecule has 1 heterocycles. The normalized spacial score (nSPS) is 24.3. The second-order valence-electron chi connectivity index (χ2n) is 6.21. The van der Waals surface area contributed by atoms with Gasteiger partial charge in [0.15, 0.2) is 18.3 Å². The van der Waals surface area contributed by atoms with Crippen LogP contribution in [0.2, 0.25) is 0 Å². The van der Waals surface area contributed by atoms with Gasteiger partial charge in [-0.1, -0.05) is 18.2 Å². The molecular weight excluding hydrogens is 499 g/mol. The minimum absolute atomic E-state index is 0.0514. The molecule has 0 radical (unpaired) electrons. The molecule has 1 aromatic carbocycles. The second kappa shape index (κ2) is 11.0. The molecule has 1 aliphatic rings. The first-order valence-corrected chi connectivity index (χ1v) is 10.9. The lowest BCUT2D eigenvalue weighted by atomic mass is 10.1. The smallest absolute Gasteiger partial charge is 0.303 e. The molecule has 0 spiro atoms. The van der Waals surface area contributed by atoms with Crippen molar-refractivity contribution >= 4 is 52.3 Å². The fourth-order valence-corrected chi connectivity index (χ4v) is 4.64. The molecule has 1 aromatic rings. The summed E-state index contributed by atoms with van der Waals surface area (Å²) in [6, 6.07) is 8.07. The molecule has 0 aliphatic carbocycles. The maximum atomic E-state index is 11.6. The molecule has 1 unspecified atom stereocenters. The third kappa shape index (κ3) is 6.93. The van der Waals surface area contributed by atoms with Crippen LogP contribution in [0.15, 0.2) is 24.3 Å². The Morgan fingerprint density at radius 1 is 1.04 bits per heavy atom. The molecule has 0 saturated carbocycles. The highest BCUT2D eigenvalue weighted by Crippen LogP contribution is 2.31. The number of carbonyl (C=O) groups excluding carboxylic acids is 3. The van der Waals surface area contributed by atoms with E-state index >= 15 is 0 Å². The number of rotatable bonds is 7. The Labute approximate surface area is 181 Å². The molecule has 7 nitrogen and oxygen atoms in total. The molecule has 0 N–H and O–H groups in total. The topological polar surface area (TPSA) is 88.1 Å². The molecular formula is C19H23IO7S. The summed E-state index contributed by atoms with van der Waals surface area (Å²) in [4.78, 5) is 34.6. The first-order chi connectivity index (χ1) is 13.3. The average molecular weight is 522 g/mol. The number of hydrogen-bond donors (Lipinski definition) is 0. The van der Waals surface area contributed by atoms with Crippen LogP contribution in [0.25, 0.3) is 0 Å². The van der Waals surface area contributed by atoms with Crippen molar-refractivity contribution in [3.8, 4) is 0 Å². The molecule has 9 heteroatoms. The molecule has 4 atom stereocenters. The van der Waals surface area contributed by atoms with Crippen LogP contribution >= 0.6 is 34.4 Å². The van der Waals surface area contributed by atoms with Gasteiger partial charge in [-0.2, -0.15) is 0 Å². The van der Waals surface area contributed by atoms with E-state index in [0.29, 0.717) is 5.75 Å². The first-order valence-electron chi connectivity index (χ1n) is 8.76. The van der Waals surface area contributed by atoms with E-state index in [-0.39, 0.29) is 6.61 Å². The quantitative estimate of drug-likeness (QED) is 0.307. The molecule has 154 valence electrons. The number of carbonyl (C=O) groups is 3. The molecule has 1 saturated heterocycles. The van der Waals surface area contributed by atoms with Crippen molar-refractivity contribution in [2.24, 2.45) is 0 Å². The summed E-state index contributed by atoms with van der Waals surface area (Å²) in [6.45, 7) is 3.84. The number of esters is 3. The van der Waals surface area contributed by atoms with Crippen molar-refractivity contribution in [1.29, 1.82) is 0 Å². The van der Waals surface area contributed by atoms with Crippen LogP contribution in [-0.2, 0) is 39.8 Å². The van der Waals surface area contributed by atoms with Crippen LogP contribution in [0, 0.1) is 3.57 Å². The van der Waals surface area contributed by atoms with Crippen molar-refractivity contribution in [2.45, 2.75) is 50.9 Å². The Bertz CT molecular complexity index is 711. The van der Waals surface area contributed by atoms with Gasteiger partial charge in [0, 0.05) is 30.1 Å². The lowest BCUT2D eigenvalue weighted by Crippen LogP contribution is -2.56. The van der Waals surface area contributed by atoms with E-state index in [2.05, 4.69) is 28.7 Å². The monoisotopic (exact) mass is 522 g/mol. The number of halogens is 1. The maximum absolute atomic E-state index is 11.6. The highest BCUT2D eigenvalue weighted by Gasteiger charge is 2.46. The summed E-state index contributed by atoms with van der Waals surface area (Å²) in [5.41, 5.74) is 0.672. The number of aryl methyl sites for hydroxylation is 1. The average Bonchev–Trinajstić information content (AvgIpc) is 2.60. The van der Waals surface area contributed by atoms with Crippen LogP contribution in [0.4, 0.5) is 0 Å². The first kappa shape index (κ1) is 23.0. The summed E-state index contributed by atoms with van der Waals surface area (Å²) >= 11 is 3.76. The van der Waals surface area contributed by atoms with Crippen LogP contribution in [0.3, 0.4) is 0 Å². The van der Waals surface area contributed by atoms with Gasteiger partial charge in [-0.05, 0) is 40.6 Å². The summed E-state index contributed by atoms with van der Waals surface area (Å²) in [6.07, 6.45) is -1.83. The van der Waals surface area contributed by atoms with E-state index in [9.17, 15) is 14.4 Å². The van der Waals surface area contributed by atoms with Gasteiger partial charge in [0.1, 0.15) is 5.44 Å². The molecule has 1 fully saturated rings. The van der Waals surface area contributed by atoms with Gasteiger partial charge in [-0.3, -0.25) is 14.4 Å². The standard InChI is InChI=1S/C19H23IO7S/c1-11(21)25-16-10-24-19(18(27-13(3)23)17(16)26-12(2)22)28-9-8-14-6-4-5-7-15(14)20/h4-7,16-19H,8-10H2,1-3H3/t16-,17+,18+,19?/m1/s1. The Hall–Kier alpha value is -1.33. The van der Waals surface area contributed by atoms with Gasteiger partial charge in [-0.25, -0.2) is 0 Å². The summed E-state index contributed by atoms with van der Waals surface area (Å²) in [7, 11) is 0. The van der Waals surface area contributed by atoms with Crippen molar-refractivity contribution in [3.63, 3.8) is 0 Å². The molecule has 28 heavy (non-hydrogen) atoms. The fourth-order valence-electron chi connectivity index (χ4n) is 2.84. The molecule has 0 aromatic heterocycles. The summed E-state index contributed by atoms with van der Waals surface area (Å²) in [5.74, 6) is -0.897. The van der Waals surface area contributed by atoms with E-state index in [4.69, 9.17) is 18.9 Å². The van der Waals surface area contributed by atoms with Crippen molar-refractivity contribution in [2.75, 3.05) is 12.4 Å². The van der Waals surface area contributed by atoms with Gasteiger partial charge in [0.2, 0.25) is 0 Å². The Morgan fingerprint density at radius 3 is 2.25 bits per heavy atom. The zero-order chi connectivity index (χ0) is 20.7. The van der Waals surface area contributed by atoms with E-state index in [1.807, 2.05) is 18.2 Å².